The highest BCUT2D eigenvalue weighted by atomic mass is 16.5. The second kappa shape index (κ2) is 7.51. The quantitative estimate of drug-likeness (QED) is 0.819. The molecule has 0 spiro atoms. The average molecular weight is 264 g/mol. The lowest BCUT2D eigenvalue weighted by molar-refractivity contribution is 0.290. The zero-order chi connectivity index (χ0) is 14.4. The van der Waals surface area contributed by atoms with Crippen LogP contribution in [0.25, 0.3) is 0 Å². The van der Waals surface area contributed by atoms with Crippen molar-refractivity contribution in [3.63, 3.8) is 0 Å². The van der Waals surface area contributed by atoms with E-state index in [1.807, 2.05) is 0 Å². The van der Waals surface area contributed by atoms with E-state index in [0.717, 1.165) is 18.8 Å². The Balaban J connectivity index is 3.06. The van der Waals surface area contributed by atoms with Gasteiger partial charge in [-0.25, -0.2) is 0 Å². The minimum atomic E-state index is 0.392. The first-order chi connectivity index (χ1) is 9.01. The van der Waals surface area contributed by atoms with E-state index in [9.17, 15) is 0 Å². The Morgan fingerprint density at radius 3 is 2.42 bits per heavy atom. The van der Waals surface area contributed by atoms with Gasteiger partial charge in [0.2, 0.25) is 0 Å². The molecule has 0 aliphatic rings. The maximum Gasteiger partial charge on any atom is 0.122 e. The molecule has 3 nitrogen and oxygen atoms in total. The molecule has 19 heavy (non-hydrogen) atoms. The molecule has 0 amide bonds. The first-order valence-electron chi connectivity index (χ1n) is 7.06. The van der Waals surface area contributed by atoms with Crippen molar-refractivity contribution in [2.75, 3.05) is 34.3 Å². The van der Waals surface area contributed by atoms with E-state index in [2.05, 4.69) is 63.3 Å². The molecule has 1 aromatic carbocycles. The number of rotatable bonds is 7. The predicted molar refractivity (Wildman–Crippen MR) is 82.1 cm³/mol. The van der Waals surface area contributed by atoms with Gasteiger partial charge in [0.05, 0.1) is 7.11 Å². The van der Waals surface area contributed by atoms with Crippen LogP contribution in [0.3, 0.4) is 0 Å². The minimum Gasteiger partial charge on any atom is -0.496 e. The van der Waals surface area contributed by atoms with E-state index in [4.69, 9.17) is 4.74 Å². The second-order valence-corrected chi connectivity index (χ2v) is 5.44. The highest BCUT2D eigenvalue weighted by molar-refractivity contribution is 5.40. The molecule has 108 valence electrons. The van der Waals surface area contributed by atoms with Gasteiger partial charge in [-0.05, 0) is 43.8 Å². The van der Waals surface area contributed by atoms with Gasteiger partial charge in [-0.3, -0.25) is 0 Å². The largest absolute Gasteiger partial charge is 0.496 e. The average Bonchev–Trinajstić information content (AvgIpc) is 2.38. The molecule has 0 saturated heterocycles. The molecule has 1 aromatic rings. The van der Waals surface area contributed by atoms with Gasteiger partial charge in [0.25, 0.3) is 0 Å². The number of nitrogens with zero attached hydrogens (tertiary/aromatic N) is 1. The van der Waals surface area contributed by atoms with Crippen molar-refractivity contribution in [1.29, 1.82) is 0 Å². The summed E-state index contributed by atoms with van der Waals surface area (Å²) in [7, 11) is 5.99. The molecule has 1 unspecified atom stereocenters. The molecule has 0 saturated carbocycles. The lowest BCUT2D eigenvalue weighted by Crippen LogP contribution is -2.31. The summed E-state index contributed by atoms with van der Waals surface area (Å²) >= 11 is 0. The fourth-order valence-electron chi connectivity index (χ4n) is 2.29. The van der Waals surface area contributed by atoms with Crippen molar-refractivity contribution in [3.05, 3.63) is 29.3 Å². The topological polar surface area (TPSA) is 24.5 Å². The second-order valence-electron chi connectivity index (χ2n) is 5.44. The highest BCUT2D eigenvalue weighted by Gasteiger charge is 2.16. The SMILES string of the molecule is CCNCC(c1ccc(OC)c(C(C)C)c1)N(C)C. The first-order valence-corrected chi connectivity index (χ1v) is 7.06. The third-order valence-corrected chi connectivity index (χ3v) is 3.47. The molecule has 1 atom stereocenters. The zero-order valence-electron chi connectivity index (χ0n) is 13.2. The Hall–Kier alpha value is -1.06. The van der Waals surface area contributed by atoms with Gasteiger partial charge in [0.15, 0.2) is 0 Å². The van der Waals surface area contributed by atoms with Crippen molar-refractivity contribution in [3.8, 4) is 5.75 Å². The Bertz CT molecular complexity index is 388. The molecule has 0 bridgehead atoms. The van der Waals surface area contributed by atoms with Crippen LogP contribution in [0.15, 0.2) is 18.2 Å². The summed E-state index contributed by atoms with van der Waals surface area (Å²) in [6, 6.07) is 6.94. The van der Waals surface area contributed by atoms with E-state index in [-0.39, 0.29) is 0 Å². The van der Waals surface area contributed by atoms with Gasteiger partial charge < -0.3 is 15.0 Å². The minimum absolute atomic E-state index is 0.392. The lowest BCUT2D eigenvalue weighted by Gasteiger charge is -2.26. The predicted octanol–water partition coefficient (Wildman–Crippen LogP) is 3.03. The summed E-state index contributed by atoms with van der Waals surface area (Å²) in [6.07, 6.45) is 0. The van der Waals surface area contributed by atoms with E-state index in [1.165, 1.54) is 11.1 Å². The number of hydrogen-bond acceptors (Lipinski definition) is 3. The third-order valence-electron chi connectivity index (χ3n) is 3.47. The molecule has 0 heterocycles. The van der Waals surface area contributed by atoms with Crippen LogP contribution in [0.2, 0.25) is 0 Å². The van der Waals surface area contributed by atoms with E-state index >= 15 is 0 Å². The Labute approximate surface area is 118 Å². The van der Waals surface area contributed by atoms with Gasteiger partial charge in [0, 0.05) is 12.6 Å². The molecular formula is C16H28N2O. The van der Waals surface area contributed by atoms with Crippen LogP contribution in [0.4, 0.5) is 0 Å². The van der Waals surface area contributed by atoms with Crippen LogP contribution in [-0.4, -0.2) is 39.2 Å². The summed E-state index contributed by atoms with van der Waals surface area (Å²) in [5.74, 6) is 1.46. The van der Waals surface area contributed by atoms with Gasteiger partial charge in [0.1, 0.15) is 5.75 Å². The number of ether oxygens (including phenoxy) is 1. The maximum atomic E-state index is 5.45. The van der Waals surface area contributed by atoms with Gasteiger partial charge >= 0.3 is 0 Å². The smallest absolute Gasteiger partial charge is 0.122 e. The van der Waals surface area contributed by atoms with Crippen LogP contribution in [-0.2, 0) is 0 Å². The van der Waals surface area contributed by atoms with E-state index in [1.54, 1.807) is 7.11 Å². The summed E-state index contributed by atoms with van der Waals surface area (Å²) in [5.41, 5.74) is 2.62. The standard InChI is InChI=1S/C16H28N2O/c1-7-17-11-15(18(4)5)13-8-9-16(19-6)14(10-13)12(2)3/h8-10,12,15,17H,7,11H2,1-6H3. The summed E-state index contributed by atoms with van der Waals surface area (Å²) in [6.45, 7) is 8.51. The number of methoxy groups -OCH3 is 1. The van der Waals surface area contributed by atoms with Crippen LogP contribution in [0.5, 0.6) is 5.75 Å². The Kier molecular flexibility index (Phi) is 6.32. The van der Waals surface area contributed by atoms with Crippen molar-refractivity contribution in [2.45, 2.75) is 32.7 Å². The van der Waals surface area contributed by atoms with E-state index < -0.39 is 0 Å². The van der Waals surface area contributed by atoms with E-state index in [0.29, 0.717) is 12.0 Å². The van der Waals surface area contributed by atoms with Crippen molar-refractivity contribution >= 4 is 0 Å². The fraction of sp³-hybridized carbons (Fsp3) is 0.625. The number of likely N-dealkylation sites (N-methyl/N-ethyl adjacent to an activating group) is 2. The number of nitrogens with one attached hydrogen (secondary N) is 1. The molecule has 0 fully saturated rings. The molecular weight excluding hydrogens is 236 g/mol. The lowest BCUT2D eigenvalue weighted by atomic mass is 9.96. The Morgan fingerprint density at radius 1 is 1.26 bits per heavy atom. The third kappa shape index (κ3) is 4.22. The molecule has 1 rings (SSSR count). The number of benzene rings is 1. The summed E-state index contributed by atoms with van der Waals surface area (Å²) in [5, 5.41) is 3.43. The first kappa shape index (κ1) is 16.0. The van der Waals surface area contributed by atoms with Crippen LogP contribution >= 0.6 is 0 Å². The number of hydrogen-bond donors (Lipinski definition) is 1. The summed E-state index contributed by atoms with van der Waals surface area (Å²) < 4.78 is 5.45. The normalized spacial score (nSPS) is 13.1. The van der Waals surface area contributed by atoms with Crippen LogP contribution < -0.4 is 10.1 Å². The molecule has 0 aliphatic heterocycles. The van der Waals surface area contributed by atoms with Crippen molar-refractivity contribution in [2.24, 2.45) is 0 Å². The fourth-order valence-corrected chi connectivity index (χ4v) is 2.29. The van der Waals surface area contributed by atoms with Crippen LogP contribution in [0.1, 0.15) is 43.9 Å². The molecule has 0 radical (unpaired) electrons. The zero-order valence-corrected chi connectivity index (χ0v) is 13.2. The van der Waals surface area contributed by atoms with Crippen LogP contribution in [0, 0.1) is 0 Å². The van der Waals surface area contributed by atoms with Gasteiger partial charge in [-0.2, -0.15) is 0 Å². The van der Waals surface area contributed by atoms with Crippen molar-refractivity contribution < 1.29 is 4.74 Å². The van der Waals surface area contributed by atoms with Crippen molar-refractivity contribution in [1.82, 2.24) is 10.2 Å². The molecule has 0 aliphatic carbocycles. The monoisotopic (exact) mass is 264 g/mol. The Morgan fingerprint density at radius 2 is 1.95 bits per heavy atom. The molecule has 1 N–H and O–H groups in total. The van der Waals surface area contributed by atoms with Gasteiger partial charge in [-0.1, -0.05) is 32.9 Å². The molecule has 0 aromatic heterocycles. The molecule has 3 heteroatoms. The van der Waals surface area contributed by atoms with Gasteiger partial charge in [-0.15, -0.1) is 0 Å². The highest BCUT2D eigenvalue weighted by Crippen LogP contribution is 2.30. The maximum absolute atomic E-state index is 5.45. The summed E-state index contributed by atoms with van der Waals surface area (Å²) in [4.78, 5) is 2.26.